The zero-order valence-electron chi connectivity index (χ0n) is 22.1. The molecule has 0 bridgehead atoms. The highest BCUT2D eigenvalue weighted by molar-refractivity contribution is 7.89. The predicted octanol–water partition coefficient (Wildman–Crippen LogP) is 3.46. The van der Waals surface area contributed by atoms with Crippen LogP contribution in [0.3, 0.4) is 0 Å². The van der Waals surface area contributed by atoms with E-state index in [0.29, 0.717) is 59.2 Å². The number of piperidine rings is 1. The van der Waals surface area contributed by atoms with Crippen molar-refractivity contribution in [2.24, 2.45) is 11.8 Å². The molecule has 10 nitrogen and oxygen atoms in total. The molecule has 208 valence electrons. The highest BCUT2D eigenvalue weighted by Gasteiger charge is 2.38. The smallest absolute Gasteiger partial charge is 0.326 e. The molecule has 0 amide bonds. The Kier molecular flexibility index (Phi) is 7.43. The number of carbonyl (C=O) groups is 2. The molecule has 3 aromatic rings. The minimum absolute atomic E-state index is 0.175. The number of benzene rings is 1. The lowest BCUT2D eigenvalue weighted by Gasteiger charge is -2.31. The second-order valence-corrected chi connectivity index (χ2v) is 13.5. The van der Waals surface area contributed by atoms with Gasteiger partial charge in [0.25, 0.3) is 0 Å². The molecule has 0 aliphatic carbocycles. The van der Waals surface area contributed by atoms with Crippen LogP contribution in [0.25, 0.3) is 5.65 Å². The molecule has 0 spiro atoms. The van der Waals surface area contributed by atoms with Gasteiger partial charge in [-0.1, -0.05) is 24.6 Å². The van der Waals surface area contributed by atoms with Crippen LogP contribution in [-0.2, 0) is 20.4 Å². The molecule has 4 atom stereocenters. The number of aryl methyl sites for hydroxylation is 1. The molecular formula is C27H32ClN5O5S. The highest BCUT2D eigenvalue weighted by Crippen LogP contribution is 2.35. The third-order valence-electron chi connectivity index (χ3n) is 7.56. The summed E-state index contributed by atoms with van der Waals surface area (Å²) in [6, 6.07) is 5.55. The van der Waals surface area contributed by atoms with Gasteiger partial charge in [0.1, 0.15) is 11.9 Å². The number of halogens is 1. The van der Waals surface area contributed by atoms with Gasteiger partial charge in [-0.2, -0.15) is 5.10 Å². The molecule has 39 heavy (non-hydrogen) atoms. The Morgan fingerprint density at radius 1 is 1.26 bits per heavy atom. The molecule has 1 unspecified atom stereocenters. The number of carboxylic acid groups (broad SMARTS) is 1. The van der Waals surface area contributed by atoms with E-state index in [1.165, 1.54) is 0 Å². The number of hydrogen-bond donors (Lipinski definition) is 2. The van der Waals surface area contributed by atoms with E-state index >= 15 is 0 Å². The number of ketones is 1. The number of anilines is 1. The van der Waals surface area contributed by atoms with E-state index in [1.54, 1.807) is 22.7 Å². The molecule has 2 aliphatic rings. The Balaban J connectivity index is 1.50. The molecular weight excluding hydrogens is 542 g/mol. The van der Waals surface area contributed by atoms with Gasteiger partial charge in [0.05, 0.1) is 17.5 Å². The lowest BCUT2D eigenvalue weighted by Crippen LogP contribution is -2.38. The molecule has 2 aromatic heterocycles. The molecule has 0 radical (unpaired) electrons. The van der Waals surface area contributed by atoms with Crippen molar-refractivity contribution >= 4 is 44.7 Å². The third-order valence-corrected chi connectivity index (χ3v) is 8.63. The first-order valence-electron chi connectivity index (χ1n) is 13.0. The Bertz CT molecular complexity index is 1560. The molecule has 2 aliphatic heterocycles. The summed E-state index contributed by atoms with van der Waals surface area (Å²) in [5, 5.41) is 18.3. The molecule has 2 N–H and O–H groups in total. The number of fused-ring (bicyclic) bond motifs is 1. The third kappa shape index (κ3) is 5.66. The molecule has 2 fully saturated rings. The standard InChI is InChI=1S/C27H32ClN5O5S/c1-15-9-22(27(35)36)32(12-15)26-16(2)13-33-23(30-26)11-21(31-33)24-19(5-4-8-29-24)25(34)20-10-18(28)7-6-17(20)14-39(3,37)38/h6-7,10-11,13,15,19,22,24,29H,4-5,8-9,12,14H2,1-3H3,(H,35,36)/t15-,19?,22-,24-/m1/s1. The number of hydrogen-bond acceptors (Lipinski definition) is 8. The van der Waals surface area contributed by atoms with Gasteiger partial charge in [0, 0.05) is 47.1 Å². The number of Topliss-reactive ketones (excluding diaryl/α,β-unsaturated/α-hetero) is 1. The van der Waals surface area contributed by atoms with Crippen LogP contribution < -0.4 is 10.2 Å². The van der Waals surface area contributed by atoms with Crippen molar-refractivity contribution < 1.29 is 23.1 Å². The molecule has 5 rings (SSSR count). The zero-order valence-corrected chi connectivity index (χ0v) is 23.7. The van der Waals surface area contributed by atoms with E-state index in [0.717, 1.165) is 18.2 Å². The van der Waals surface area contributed by atoms with Crippen molar-refractivity contribution in [3.8, 4) is 0 Å². The number of aromatic nitrogens is 3. The second kappa shape index (κ2) is 10.5. The van der Waals surface area contributed by atoms with Gasteiger partial charge in [-0.25, -0.2) is 22.7 Å². The number of nitrogens with one attached hydrogen (secondary N) is 1. The fourth-order valence-corrected chi connectivity index (χ4v) is 6.83. The van der Waals surface area contributed by atoms with E-state index in [4.69, 9.17) is 21.7 Å². The molecule has 1 aromatic carbocycles. The van der Waals surface area contributed by atoms with Crippen LogP contribution >= 0.6 is 11.6 Å². The maximum atomic E-state index is 13.9. The first kappa shape index (κ1) is 27.5. The summed E-state index contributed by atoms with van der Waals surface area (Å²) < 4.78 is 25.7. The van der Waals surface area contributed by atoms with Gasteiger partial charge in [-0.15, -0.1) is 0 Å². The summed E-state index contributed by atoms with van der Waals surface area (Å²) in [4.78, 5) is 32.4. The van der Waals surface area contributed by atoms with E-state index in [9.17, 15) is 23.1 Å². The number of sulfone groups is 1. The van der Waals surface area contributed by atoms with Gasteiger partial charge in [-0.3, -0.25) is 4.79 Å². The van der Waals surface area contributed by atoms with Crippen LogP contribution in [0.4, 0.5) is 5.82 Å². The summed E-state index contributed by atoms with van der Waals surface area (Å²) in [6.45, 7) is 5.24. The number of carbonyl (C=O) groups excluding carboxylic acids is 1. The first-order valence-corrected chi connectivity index (χ1v) is 15.4. The van der Waals surface area contributed by atoms with Crippen molar-refractivity contribution in [1.82, 2.24) is 19.9 Å². The van der Waals surface area contributed by atoms with Gasteiger partial charge in [0.15, 0.2) is 21.3 Å². The predicted molar refractivity (Wildman–Crippen MR) is 148 cm³/mol. The van der Waals surface area contributed by atoms with Crippen molar-refractivity contribution in [3.05, 3.63) is 57.9 Å². The maximum Gasteiger partial charge on any atom is 0.326 e. The highest BCUT2D eigenvalue weighted by atomic mass is 35.5. The monoisotopic (exact) mass is 573 g/mol. The Labute approximate surface area is 232 Å². The number of nitrogens with zero attached hydrogens (tertiary/aromatic N) is 4. The lowest BCUT2D eigenvalue weighted by atomic mass is 9.82. The quantitative estimate of drug-likeness (QED) is 0.407. The molecule has 2 saturated heterocycles. The Morgan fingerprint density at radius 2 is 2.03 bits per heavy atom. The molecule has 4 heterocycles. The van der Waals surface area contributed by atoms with Crippen molar-refractivity contribution in [1.29, 1.82) is 0 Å². The normalized spacial score (nSPS) is 23.8. The fraction of sp³-hybridized carbons (Fsp3) is 0.481. The van der Waals surface area contributed by atoms with E-state index in [2.05, 4.69) is 5.32 Å². The average molecular weight is 574 g/mol. The summed E-state index contributed by atoms with van der Waals surface area (Å²) >= 11 is 6.22. The zero-order chi connectivity index (χ0) is 28.1. The van der Waals surface area contributed by atoms with Crippen LogP contribution in [0, 0.1) is 18.8 Å². The topological polar surface area (TPSA) is 134 Å². The van der Waals surface area contributed by atoms with Crippen molar-refractivity contribution in [2.75, 3.05) is 24.2 Å². The van der Waals surface area contributed by atoms with Gasteiger partial charge < -0.3 is 15.3 Å². The maximum absolute atomic E-state index is 13.9. The summed E-state index contributed by atoms with van der Waals surface area (Å²) in [6.07, 6.45) is 4.94. The van der Waals surface area contributed by atoms with Crippen LogP contribution in [0.1, 0.15) is 59.4 Å². The largest absolute Gasteiger partial charge is 0.480 e. The number of carboxylic acids is 1. The van der Waals surface area contributed by atoms with Crippen LogP contribution in [0.15, 0.2) is 30.5 Å². The van der Waals surface area contributed by atoms with Gasteiger partial charge >= 0.3 is 5.97 Å². The first-order chi connectivity index (χ1) is 18.4. The van der Waals surface area contributed by atoms with Crippen LogP contribution in [0.2, 0.25) is 5.02 Å². The molecule has 12 heteroatoms. The minimum atomic E-state index is -3.36. The minimum Gasteiger partial charge on any atom is -0.480 e. The Morgan fingerprint density at radius 3 is 2.74 bits per heavy atom. The lowest BCUT2D eigenvalue weighted by molar-refractivity contribution is -0.138. The Hall–Kier alpha value is -3.02. The average Bonchev–Trinajstić information content (AvgIpc) is 3.46. The SMILES string of the molecule is Cc1cn2nc([C@@H]3NCCCC3C(=O)c3cc(Cl)ccc3CS(C)(=O)=O)cc2nc1N1C[C@H](C)C[C@@H]1C(=O)O. The number of aliphatic carboxylic acids is 1. The van der Waals surface area contributed by atoms with Gasteiger partial charge in [0.2, 0.25) is 0 Å². The second-order valence-electron chi connectivity index (χ2n) is 10.9. The molecule has 0 saturated carbocycles. The van der Waals surface area contributed by atoms with Crippen molar-refractivity contribution in [3.63, 3.8) is 0 Å². The van der Waals surface area contributed by atoms with Gasteiger partial charge in [-0.05, 0) is 56.3 Å². The van der Waals surface area contributed by atoms with Crippen LogP contribution in [0.5, 0.6) is 0 Å². The van der Waals surface area contributed by atoms with E-state index in [-0.39, 0.29) is 17.5 Å². The van der Waals surface area contributed by atoms with E-state index < -0.39 is 33.8 Å². The van der Waals surface area contributed by atoms with E-state index in [1.807, 2.05) is 31.0 Å². The van der Waals surface area contributed by atoms with Crippen molar-refractivity contribution in [2.45, 2.75) is 50.9 Å². The number of rotatable bonds is 7. The fourth-order valence-electron chi connectivity index (χ4n) is 5.84. The summed E-state index contributed by atoms with van der Waals surface area (Å²) in [5.41, 5.74) is 2.77. The summed E-state index contributed by atoms with van der Waals surface area (Å²) in [7, 11) is -3.36. The summed E-state index contributed by atoms with van der Waals surface area (Å²) in [5.74, 6) is -0.898. The van der Waals surface area contributed by atoms with Crippen LogP contribution in [-0.4, -0.2) is 65.3 Å².